The summed E-state index contributed by atoms with van der Waals surface area (Å²) in [5, 5.41) is 2.14. The quantitative estimate of drug-likeness (QED) is 0.489. The van der Waals surface area contributed by atoms with Crippen molar-refractivity contribution in [1.29, 1.82) is 0 Å². The lowest BCUT2D eigenvalue weighted by Gasteiger charge is -2.54. The van der Waals surface area contributed by atoms with Gasteiger partial charge in [0.15, 0.2) is 0 Å². The van der Waals surface area contributed by atoms with Crippen LogP contribution in [-0.4, -0.2) is 48.7 Å². The molecule has 29 heavy (non-hydrogen) atoms. The van der Waals surface area contributed by atoms with E-state index in [0.717, 1.165) is 25.7 Å². The van der Waals surface area contributed by atoms with Crippen molar-refractivity contribution in [2.75, 3.05) is 13.7 Å². The molecule has 0 aromatic heterocycles. The Labute approximate surface area is 167 Å². The standard InChI is InChI=1S/C20H25F3N2O4/c1-13(26)29-11-7-3-4-8-14-12-19(25-17(27)20(21,22)23)16(14)18(28-2)10-6-5-9-15(18)24-19/h5-6,9-10,14,16H,3-4,7-8,11-12H2,1-2H3,(H,25,27)/t14-,16-,18-,19+/m0/s1. The van der Waals surface area contributed by atoms with Gasteiger partial charge in [-0.3, -0.25) is 14.6 Å². The molecule has 3 aliphatic rings. The molecule has 0 aromatic rings. The van der Waals surface area contributed by atoms with Gasteiger partial charge in [0.25, 0.3) is 0 Å². The molecule has 0 spiro atoms. The normalized spacial score (nSPS) is 32.1. The van der Waals surface area contributed by atoms with Crippen LogP contribution >= 0.6 is 0 Å². The zero-order valence-corrected chi connectivity index (χ0v) is 16.4. The molecule has 1 heterocycles. The number of carbonyl (C=O) groups excluding carboxylic acids is 2. The zero-order chi connectivity index (χ0) is 21.3. The Morgan fingerprint density at radius 1 is 1.28 bits per heavy atom. The lowest BCUT2D eigenvalue weighted by molar-refractivity contribution is -0.181. The van der Waals surface area contributed by atoms with Gasteiger partial charge in [-0.05, 0) is 37.3 Å². The number of alkyl halides is 3. The second kappa shape index (κ2) is 7.93. The van der Waals surface area contributed by atoms with Gasteiger partial charge in [-0.15, -0.1) is 0 Å². The van der Waals surface area contributed by atoms with Crippen LogP contribution in [0.15, 0.2) is 29.3 Å². The van der Waals surface area contributed by atoms with E-state index in [9.17, 15) is 22.8 Å². The Kier molecular flexibility index (Phi) is 5.89. The van der Waals surface area contributed by atoms with E-state index in [2.05, 4.69) is 10.3 Å². The summed E-state index contributed by atoms with van der Waals surface area (Å²) in [4.78, 5) is 27.0. The maximum absolute atomic E-state index is 12.9. The zero-order valence-electron chi connectivity index (χ0n) is 16.4. The molecule has 2 aliphatic carbocycles. The number of nitrogens with zero attached hydrogens (tertiary/aromatic N) is 1. The number of nitrogens with one attached hydrogen (secondary N) is 1. The van der Waals surface area contributed by atoms with Crippen LogP contribution in [-0.2, 0) is 19.1 Å². The summed E-state index contributed by atoms with van der Waals surface area (Å²) >= 11 is 0. The molecule has 1 fully saturated rings. The lowest BCUT2D eigenvalue weighted by atomic mass is 9.56. The Morgan fingerprint density at radius 3 is 2.69 bits per heavy atom. The summed E-state index contributed by atoms with van der Waals surface area (Å²) < 4.78 is 49.4. The number of fused-ring (bicyclic) bond motifs is 3. The van der Waals surface area contributed by atoms with Gasteiger partial charge in [-0.2, -0.15) is 13.2 Å². The van der Waals surface area contributed by atoms with Crippen molar-refractivity contribution in [3.05, 3.63) is 24.3 Å². The first-order chi connectivity index (χ1) is 13.6. The number of unbranched alkanes of at least 4 members (excludes halogenated alkanes) is 2. The molecule has 0 aromatic carbocycles. The van der Waals surface area contributed by atoms with Gasteiger partial charge >= 0.3 is 18.1 Å². The molecule has 3 rings (SSSR count). The molecule has 1 aliphatic heterocycles. The van der Waals surface area contributed by atoms with Crippen molar-refractivity contribution in [1.82, 2.24) is 5.32 Å². The van der Waals surface area contributed by atoms with Crippen molar-refractivity contribution in [2.45, 2.75) is 56.5 Å². The number of esters is 1. The fraction of sp³-hybridized carbons (Fsp3) is 0.650. The molecule has 1 saturated carbocycles. The summed E-state index contributed by atoms with van der Waals surface area (Å²) in [7, 11) is 1.51. The van der Waals surface area contributed by atoms with Crippen molar-refractivity contribution in [2.24, 2.45) is 16.8 Å². The molecule has 0 radical (unpaired) electrons. The van der Waals surface area contributed by atoms with Crippen LogP contribution in [0.1, 0.15) is 39.0 Å². The van der Waals surface area contributed by atoms with Crippen LogP contribution in [0.4, 0.5) is 13.2 Å². The highest BCUT2D eigenvalue weighted by Gasteiger charge is 2.69. The SMILES string of the molecule is CO[C@@]12C=CC=CC1=N[C@@]1(NC(=O)C(F)(F)F)C[C@H](CCCCCOC(C)=O)[C@@H]21. The second-order valence-corrected chi connectivity index (χ2v) is 7.72. The molecule has 160 valence electrons. The third-order valence-electron chi connectivity index (χ3n) is 5.90. The highest BCUT2D eigenvalue weighted by atomic mass is 19.4. The molecule has 0 saturated heterocycles. The van der Waals surface area contributed by atoms with Crippen LogP contribution in [0.25, 0.3) is 0 Å². The number of hydrogen-bond donors (Lipinski definition) is 1. The monoisotopic (exact) mass is 414 g/mol. The summed E-state index contributed by atoms with van der Waals surface area (Å²) in [6, 6.07) is 0. The Balaban J connectivity index is 1.70. The number of aliphatic imine (C=N–C) groups is 1. The first kappa shape index (κ1) is 21.5. The molecule has 9 heteroatoms. The number of allylic oxidation sites excluding steroid dienone is 2. The lowest BCUT2D eigenvalue weighted by Crippen LogP contribution is -2.68. The minimum atomic E-state index is -4.97. The first-order valence-electron chi connectivity index (χ1n) is 9.69. The van der Waals surface area contributed by atoms with Crippen LogP contribution in [0.5, 0.6) is 0 Å². The van der Waals surface area contributed by atoms with Gasteiger partial charge in [0, 0.05) is 20.0 Å². The summed E-state index contributed by atoms with van der Waals surface area (Å²) in [5.41, 5.74) is -1.71. The van der Waals surface area contributed by atoms with Crippen molar-refractivity contribution >= 4 is 17.6 Å². The van der Waals surface area contributed by atoms with Gasteiger partial charge in [0.05, 0.1) is 12.3 Å². The summed E-state index contributed by atoms with van der Waals surface area (Å²) in [5.74, 6) is -2.65. The van der Waals surface area contributed by atoms with Gasteiger partial charge < -0.3 is 14.8 Å². The third kappa shape index (κ3) is 3.97. The highest BCUT2D eigenvalue weighted by molar-refractivity contribution is 6.07. The van der Waals surface area contributed by atoms with Crippen molar-refractivity contribution in [3.63, 3.8) is 0 Å². The van der Waals surface area contributed by atoms with E-state index in [1.807, 2.05) is 6.08 Å². The number of ether oxygens (including phenoxy) is 2. The summed E-state index contributed by atoms with van der Waals surface area (Å²) in [6.07, 6.45) is 5.60. The van der Waals surface area contributed by atoms with E-state index in [1.54, 1.807) is 18.2 Å². The molecule has 0 bridgehead atoms. The Hall–Kier alpha value is -2.16. The second-order valence-electron chi connectivity index (χ2n) is 7.72. The Bertz CT molecular complexity index is 761. The Morgan fingerprint density at radius 2 is 2.03 bits per heavy atom. The van der Waals surface area contributed by atoms with Gasteiger partial charge in [-0.25, -0.2) is 0 Å². The van der Waals surface area contributed by atoms with E-state index in [0.29, 0.717) is 18.7 Å². The first-order valence-corrected chi connectivity index (χ1v) is 9.69. The van der Waals surface area contributed by atoms with Crippen LogP contribution in [0, 0.1) is 11.8 Å². The predicted molar refractivity (Wildman–Crippen MR) is 99.1 cm³/mol. The summed E-state index contributed by atoms with van der Waals surface area (Å²) in [6.45, 7) is 1.72. The van der Waals surface area contributed by atoms with Crippen LogP contribution in [0.2, 0.25) is 0 Å². The molecule has 0 unspecified atom stereocenters. The van der Waals surface area contributed by atoms with Gasteiger partial charge in [0.1, 0.15) is 11.3 Å². The molecule has 1 N–H and O–H groups in total. The molecule has 4 atom stereocenters. The minimum Gasteiger partial charge on any atom is -0.466 e. The van der Waals surface area contributed by atoms with Crippen molar-refractivity contribution < 1.29 is 32.2 Å². The average Bonchev–Trinajstić information content (AvgIpc) is 2.85. The predicted octanol–water partition coefficient (Wildman–Crippen LogP) is 3.09. The van der Waals surface area contributed by atoms with E-state index in [-0.39, 0.29) is 11.9 Å². The van der Waals surface area contributed by atoms with Crippen LogP contribution < -0.4 is 5.32 Å². The number of amides is 1. The molecule has 1 amide bonds. The molecular formula is C20H25F3N2O4. The highest BCUT2D eigenvalue weighted by Crippen LogP contribution is 2.59. The average molecular weight is 414 g/mol. The van der Waals surface area contributed by atoms with E-state index in [4.69, 9.17) is 9.47 Å². The van der Waals surface area contributed by atoms with E-state index in [1.165, 1.54) is 14.0 Å². The number of rotatable bonds is 8. The van der Waals surface area contributed by atoms with E-state index >= 15 is 0 Å². The fourth-order valence-corrected chi connectivity index (χ4v) is 4.75. The number of hydrogen-bond acceptors (Lipinski definition) is 5. The molecular weight excluding hydrogens is 389 g/mol. The maximum atomic E-state index is 12.9. The fourth-order valence-electron chi connectivity index (χ4n) is 4.75. The largest absolute Gasteiger partial charge is 0.471 e. The number of methoxy groups -OCH3 is 1. The van der Waals surface area contributed by atoms with Crippen LogP contribution in [0.3, 0.4) is 0 Å². The molecule has 6 nitrogen and oxygen atoms in total. The van der Waals surface area contributed by atoms with Crippen molar-refractivity contribution in [3.8, 4) is 0 Å². The van der Waals surface area contributed by atoms with Gasteiger partial charge in [-0.1, -0.05) is 25.0 Å². The number of carbonyl (C=O) groups is 2. The van der Waals surface area contributed by atoms with E-state index < -0.39 is 29.3 Å². The maximum Gasteiger partial charge on any atom is 0.471 e. The number of halogens is 3. The third-order valence-corrected chi connectivity index (χ3v) is 5.90. The minimum absolute atomic E-state index is 0.0506. The smallest absolute Gasteiger partial charge is 0.466 e. The topological polar surface area (TPSA) is 77.0 Å². The van der Waals surface area contributed by atoms with Gasteiger partial charge in [0.2, 0.25) is 0 Å².